The van der Waals surface area contributed by atoms with E-state index in [-0.39, 0.29) is 0 Å². The molecule has 0 aliphatic rings. The molecule has 0 amide bonds. The van der Waals surface area contributed by atoms with E-state index in [4.69, 9.17) is 9.47 Å². The number of benzene rings is 1. The van der Waals surface area contributed by atoms with Gasteiger partial charge in [0.1, 0.15) is 0 Å². The van der Waals surface area contributed by atoms with Gasteiger partial charge in [0.05, 0.1) is 7.11 Å². The van der Waals surface area contributed by atoms with Gasteiger partial charge in [0.2, 0.25) is 5.88 Å². The fraction of sp³-hybridized carbons (Fsp3) is 0.143. The third-order valence-corrected chi connectivity index (χ3v) is 2.81. The highest BCUT2D eigenvalue weighted by molar-refractivity contribution is 5.56. The van der Waals surface area contributed by atoms with Gasteiger partial charge in [-0.3, -0.25) is 0 Å². The zero-order valence-electron chi connectivity index (χ0n) is 11.6. The number of methoxy groups -OCH3 is 1. The van der Waals surface area contributed by atoms with Crippen LogP contribution in [0.2, 0.25) is 0 Å². The molecule has 0 radical (unpaired) electrons. The van der Waals surface area contributed by atoms with Crippen molar-refractivity contribution in [3.05, 3.63) is 42.0 Å². The minimum atomic E-state index is 0.381. The summed E-state index contributed by atoms with van der Waals surface area (Å²) < 4.78 is 12.4. The van der Waals surface area contributed by atoms with Crippen LogP contribution in [-0.4, -0.2) is 32.4 Å². The third kappa shape index (κ3) is 2.66. The highest BCUT2D eigenvalue weighted by Crippen LogP contribution is 2.31. The third-order valence-electron chi connectivity index (χ3n) is 2.81. The van der Waals surface area contributed by atoms with E-state index in [1.807, 2.05) is 37.3 Å². The van der Waals surface area contributed by atoms with Crippen molar-refractivity contribution in [2.45, 2.75) is 6.92 Å². The van der Waals surface area contributed by atoms with E-state index in [1.165, 1.54) is 4.63 Å². The predicted molar refractivity (Wildman–Crippen MR) is 76.4 cm³/mol. The van der Waals surface area contributed by atoms with Gasteiger partial charge < -0.3 is 9.47 Å². The Kier molecular flexibility index (Phi) is 3.46. The molecule has 0 unspecified atom stereocenters. The maximum absolute atomic E-state index is 5.73. The molecule has 1 aromatic carbocycles. The van der Waals surface area contributed by atoms with E-state index in [2.05, 4.69) is 20.6 Å². The summed E-state index contributed by atoms with van der Waals surface area (Å²) in [6, 6.07) is 9.09. The van der Waals surface area contributed by atoms with Crippen molar-refractivity contribution >= 4 is 11.7 Å². The summed E-state index contributed by atoms with van der Waals surface area (Å²) in [6.07, 6.45) is 3.94. The number of tetrazole rings is 1. The SMILES string of the molecule is C/C=C/c1ccc(Oc2ccc3nnnn3n2)c(OC)c1. The normalized spacial score (nSPS) is 11.1. The molecule has 7 heteroatoms. The first-order valence-corrected chi connectivity index (χ1v) is 6.34. The Morgan fingerprint density at radius 2 is 2.05 bits per heavy atom. The van der Waals surface area contributed by atoms with E-state index in [0.717, 1.165) is 5.56 Å². The molecule has 0 aliphatic carbocycles. The van der Waals surface area contributed by atoms with Gasteiger partial charge in [-0.2, -0.15) is 0 Å². The number of fused-ring (bicyclic) bond motifs is 1. The summed E-state index contributed by atoms with van der Waals surface area (Å²) in [7, 11) is 1.60. The Morgan fingerprint density at radius 3 is 2.86 bits per heavy atom. The minimum absolute atomic E-state index is 0.381. The van der Waals surface area contributed by atoms with Crippen molar-refractivity contribution in [3.63, 3.8) is 0 Å². The van der Waals surface area contributed by atoms with Gasteiger partial charge in [-0.15, -0.1) is 14.8 Å². The Morgan fingerprint density at radius 1 is 1.14 bits per heavy atom. The molecule has 21 heavy (non-hydrogen) atoms. The number of ether oxygens (including phenoxy) is 2. The van der Waals surface area contributed by atoms with Gasteiger partial charge in [-0.05, 0) is 41.1 Å². The summed E-state index contributed by atoms with van der Waals surface area (Å²) in [6.45, 7) is 1.96. The van der Waals surface area contributed by atoms with E-state index in [0.29, 0.717) is 23.0 Å². The second kappa shape index (κ2) is 5.58. The first kappa shape index (κ1) is 13.0. The van der Waals surface area contributed by atoms with Crippen LogP contribution >= 0.6 is 0 Å². The predicted octanol–water partition coefficient (Wildman–Crippen LogP) is 2.35. The maximum atomic E-state index is 5.73. The zero-order chi connectivity index (χ0) is 14.7. The van der Waals surface area contributed by atoms with Crippen molar-refractivity contribution < 1.29 is 9.47 Å². The summed E-state index contributed by atoms with van der Waals surface area (Å²) in [5, 5.41) is 15.2. The second-order valence-corrected chi connectivity index (χ2v) is 4.21. The van der Waals surface area contributed by atoms with Crippen molar-refractivity contribution in [1.82, 2.24) is 25.3 Å². The molecule has 0 saturated heterocycles. The standard InChI is InChI=1S/C14H13N5O2/c1-3-4-10-5-6-11(12(9-10)20-2)21-14-8-7-13-15-17-18-19(13)16-14/h3-9H,1-2H3/b4-3+. The maximum Gasteiger partial charge on any atom is 0.239 e. The molecule has 7 nitrogen and oxygen atoms in total. The number of rotatable bonds is 4. The van der Waals surface area contributed by atoms with Crippen molar-refractivity contribution in [2.75, 3.05) is 7.11 Å². The largest absolute Gasteiger partial charge is 0.493 e. The zero-order valence-corrected chi connectivity index (χ0v) is 11.6. The van der Waals surface area contributed by atoms with Crippen LogP contribution in [0.3, 0.4) is 0 Å². The number of nitrogens with zero attached hydrogens (tertiary/aromatic N) is 5. The molecule has 0 aliphatic heterocycles. The van der Waals surface area contributed by atoms with Gasteiger partial charge in [0.25, 0.3) is 0 Å². The van der Waals surface area contributed by atoms with Gasteiger partial charge in [0.15, 0.2) is 17.1 Å². The molecule has 2 heterocycles. The summed E-state index contributed by atoms with van der Waals surface area (Å²) in [5.74, 6) is 1.58. The molecule has 0 spiro atoms. The average molecular weight is 283 g/mol. The Balaban J connectivity index is 1.92. The molecule has 3 rings (SSSR count). The molecule has 2 aromatic heterocycles. The summed E-state index contributed by atoms with van der Waals surface area (Å²) >= 11 is 0. The number of aromatic nitrogens is 5. The topological polar surface area (TPSA) is 74.4 Å². The quantitative estimate of drug-likeness (QED) is 0.731. The first-order valence-electron chi connectivity index (χ1n) is 6.34. The summed E-state index contributed by atoms with van der Waals surface area (Å²) in [4.78, 5) is 0. The molecule has 0 N–H and O–H groups in total. The fourth-order valence-corrected chi connectivity index (χ4v) is 1.86. The van der Waals surface area contributed by atoms with Crippen molar-refractivity contribution in [2.24, 2.45) is 0 Å². The molecule has 3 aromatic rings. The lowest BCUT2D eigenvalue weighted by Crippen LogP contribution is -1.98. The van der Waals surface area contributed by atoms with Crippen LogP contribution in [0.25, 0.3) is 11.7 Å². The monoisotopic (exact) mass is 283 g/mol. The minimum Gasteiger partial charge on any atom is -0.493 e. The van der Waals surface area contributed by atoms with Crippen LogP contribution in [-0.2, 0) is 0 Å². The number of hydrogen-bond donors (Lipinski definition) is 0. The Bertz CT molecular complexity index is 797. The van der Waals surface area contributed by atoms with E-state index < -0.39 is 0 Å². The lowest BCUT2D eigenvalue weighted by atomic mass is 10.2. The van der Waals surface area contributed by atoms with Gasteiger partial charge >= 0.3 is 0 Å². The lowest BCUT2D eigenvalue weighted by molar-refractivity contribution is 0.370. The number of allylic oxidation sites excluding steroid dienone is 1. The molecular weight excluding hydrogens is 270 g/mol. The highest BCUT2D eigenvalue weighted by atomic mass is 16.5. The Hall–Kier alpha value is -2.96. The molecule has 106 valence electrons. The summed E-state index contributed by atoms with van der Waals surface area (Å²) in [5.41, 5.74) is 1.59. The molecule has 0 bridgehead atoms. The molecule has 0 fully saturated rings. The van der Waals surface area contributed by atoms with Crippen LogP contribution in [0.1, 0.15) is 12.5 Å². The Labute approximate surface area is 120 Å². The highest BCUT2D eigenvalue weighted by Gasteiger charge is 2.08. The first-order chi connectivity index (χ1) is 10.3. The second-order valence-electron chi connectivity index (χ2n) is 4.21. The molecule has 0 saturated carbocycles. The van der Waals surface area contributed by atoms with E-state index >= 15 is 0 Å². The van der Waals surface area contributed by atoms with Gasteiger partial charge in [0, 0.05) is 6.07 Å². The van der Waals surface area contributed by atoms with Crippen LogP contribution in [0.5, 0.6) is 17.4 Å². The van der Waals surface area contributed by atoms with Crippen molar-refractivity contribution in [1.29, 1.82) is 0 Å². The van der Waals surface area contributed by atoms with Crippen LogP contribution < -0.4 is 9.47 Å². The molecule has 0 atom stereocenters. The van der Waals surface area contributed by atoms with Gasteiger partial charge in [-0.25, -0.2) is 0 Å². The van der Waals surface area contributed by atoms with E-state index in [1.54, 1.807) is 19.2 Å². The average Bonchev–Trinajstić information content (AvgIpc) is 2.96. The van der Waals surface area contributed by atoms with Crippen LogP contribution in [0.15, 0.2) is 36.4 Å². The van der Waals surface area contributed by atoms with E-state index in [9.17, 15) is 0 Å². The van der Waals surface area contributed by atoms with Crippen molar-refractivity contribution in [3.8, 4) is 17.4 Å². The molecular formula is C14H13N5O2. The smallest absolute Gasteiger partial charge is 0.239 e. The van der Waals surface area contributed by atoms with Crippen LogP contribution in [0, 0.1) is 0 Å². The number of hydrogen-bond acceptors (Lipinski definition) is 6. The fourth-order valence-electron chi connectivity index (χ4n) is 1.86. The lowest BCUT2D eigenvalue weighted by Gasteiger charge is -2.10. The van der Waals surface area contributed by atoms with Crippen LogP contribution in [0.4, 0.5) is 0 Å². The van der Waals surface area contributed by atoms with Gasteiger partial charge in [-0.1, -0.05) is 18.2 Å².